The zero-order valence-electron chi connectivity index (χ0n) is 16.0. The standard InChI is InChI=1S/C11H13NO6.C6H14N4O2/c13-5-7-8(14)9(15)10(18-7)12-3-1-2-6(4-12)11(16)17;7-4(5(11)12)2-1-3-10-6(8)9/h1-4,7-10,13-15H,5H2;4H,1-3,7H2,(H,11,12)(H4,8,9,10)/t7-,8-,9-,10-;/m1./s1. The molecule has 13 nitrogen and oxygen atoms in total. The van der Waals surface area contributed by atoms with Crippen molar-refractivity contribution >= 4 is 17.9 Å². The number of nitrogens with one attached hydrogen (secondary N) is 2. The fourth-order valence-electron chi connectivity index (χ4n) is 2.57. The molecule has 1 fully saturated rings. The van der Waals surface area contributed by atoms with E-state index in [9.17, 15) is 24.9 Å². The van der Waals surface area contributed by atoms with Gasteiger partial charge in [0.25, 0.3) is 6.23 Å². The summed E-state index contributed by atoms with van der Waals surface area (Å²) in [7, 11) is 0. The second kappa shape index (κ2) is 12.0. The number of aliphatic hydroxyl groups excluding tert-OH is 3. The van der Waals surface area contributed by atoms with Gasteiger partial charge in [-0.25, -0.2) is 4.79 Å². The van der Waals surface area contributed by atoms with Gasteiger partial charge in [0.15, 0.2) is 24.5 Å². The Morgan fingerprint density at radius 2 is 2.03 bits per heavy atom. The lowest BCUT2D eigenvalue weighted by atomic mass is 10.1. The Labute approximate surface area is 172 Å². The molecule has 1 aliphatic heterocycles. The summed E-state index contributed by atoms with van der Waals surface area (Å²) in [6, 6.07) is 1.97. The van der Waals surface area contributed by atoms with Crippen LogP contribution in [-0.2, 0) is 9.53 Å². The fourth-order valence-corrected chi connectivity index (χ4v) is 2.57. The highest BCUT2D eigenvalue weighted by Gasteiger charge is 2.47. The van der Waals surface area contributed by atoms with Crippen molar-refractivity contribution in [2.45, 2.75) is 43.4 Å². The minimum absolute atomic E-state index is 0.0373. The molecule has 1 unspecified atom stereocenters. The molecule has 10 N–H and O–H groups in total. The molecule has 2 rings (SSSR count). The first-order chi connectivity index (χ1) is 14.1. The van der Waals surface area contributed by atoms with Crippen molar-refractivity contribution < 1.29 is 44.4 Å². The van der Waals surface area contributed by atoms with E-state index in [1.165, 1.54) is 29.1 Å². The number of pyridine rings is 1. The highest BCUT2D eigenvalue weighted by atomic mass is 16.6. The van der Waals surface area contributed by atoms with Crippen LogP contribution in [0.1, 0.15) is 29.4 Å². The molecular weight excluding hydrogens is 402 g/mol. The van der Waals surface area contributed by atoms with E-state index in [1.54, 1.807) is 0 Å². The van der Waals surface area contributed by atoms with E-state index in [1.807, 2.05) is 0 Å². The van der Waals surface area contributed by atoms with Crippen LogP contribution >= 0.6 is 0 Å². The molecule has 13 heteroatoms. The van der Waals surface area contributed by atoms with Gasteiger partial charge in [-0.15, -0.1) is 0 Å². The molecule has 1 aromatic heterocycles. The number of ether oxygens (including phenoxy) is 1. The molecule has 2 heterocycles. The second-order valence-electron chi connectivity index (χ2n) is 6.48. The van der Waals surface area contributed by atoms with Crippen LogP contribution in [0.3, 0.4) is 0 Å². The zero-order valence-corrected chi connectivity index (χ0v) is 16.0. The molecule has 168 valence electrons. The third-order valence-electron chi connectivity index (χ3n) is 4.19. The zero-order chi connectivity index (χ0) is 22.8. The molecule has 1 aromatic rings. The number of carboxylic acids is 2. The van der Waals surface area contributed by atoms with Crippen LogP contribution in [0.25, 0.3) is 0 Å². The number of aromatic nitrogens is 1. The molecule has 0 saturated carbocycles. The van der Waals surface area contributed by atoms with Crippen LogP contribution in [0, 0.1) is 5.41 Å². The molecular formula is C17H27N5O8. The SMILES string of the molecule is N=C(N)NCCCC(N)C(=O)[O-].O=C(O)c1ccc[n+]([C@@H]2O[C@H](CO)[C@@H](O)[C@H]2O)c1. The molecule has 5 atom stereocenters. The van der Waals surface area contributed by atoms with E-state index in [4.69, 9.17) is 31.8 Å². The van der Waals surface area contributed by atoms with Gasteiger partial charge in [0.05, 0.1) is 12.6 Å². The average Bonchev–Trinajstić information content (AvgIpc) is 2.99. The predicted octanol–water partition coefficient (Wildman–Crippen LogP) is -4.39. The lowest BCUT2D eigenvalue weighted by Gasteiger charge is -2.11. The Morgan fingerprint density at radius 3 is 2.53 bits per heavy atom. The van der Waals surface area contributed by atoms with E-state index in [2.05, 4.69) is 5.32 Å². The molecule has 0 amide bonds. The maximum Gasteiger partial charge on any atom is 0.341 e. The van der Waals surface area contributed by atoms with Crippen LogP contribution < -0.4 is 26.5 Å². The quantitative estimate of drug-likeness (QED) is 0.0849. The Kier molecular flexibility index (Phi) is 10.1. The van der Waals surface area contributed by atoms with Gasteiger partial charge >= 0.3 is 5.97 Å². The third-order valence-corrected chi connectivity index (χ3v) is 4.19. The smallest absolute Gasteiger partial charge is 0.341 e. The molecule has 0 spiro atoms. The maximum absolute atomic E-state index is 10.8. The van der Waals surface area contributed by atoms with Crippen LogP contribution in [0.15, 0.2) is 24.5 Å². The largest absolute Gasteiger partial charge is 0.548 e. The minimum atomic E-state index is -1.25. The summed E-state index contributed by atoms with van der Waals surface area (Å²) in [6.07, 6.45) is -0.549. The number of guanidine groups is 1. The van der Waals surface area contributed by atoms with Crippen LogP contribution in [-0.4, -0.2) is 75.8 Å². The van der Waals surface area contributed by atoms with Gasteiger partial charge in [0.2, 0.25) is 0 Å². The predicted molar refractivity (Wildman–Crippen MR) is 98.7 cm³/mol. The van der Waals surface area contributed by atoms with E-state index in [0.717, 1.165) is 0 Å². The van der Waals surface area contributed by atoms with Crippen molar-refractivity contribution in [1.29, 1.82) is 5.41 Å². The third kappa shape index (κ3) is 7.53. The number of carbonyl (C=O) groups excluding carboxylic acids is 1. The lowest BCUT2D eigenvalue weighted by Crippen LogP contribution is -2.46. The summed E-state index contributed by atoms with van der Waals surface area (Å²) in [4.78, 5) is 20.9. The Balaban J connectivity index is 0.000000329. The summed E-state index contributed by atoms with van der Waals surface area (Å²) in [5.74, 6) is -2.48. The van der Waals surface area contributed by atoms with Gasteiger partial charge < -0.3 is 51.8 Å². The number of nitrogens with two attached hydrogens (primary N) is 2. The molecule has 0 bridgehead atoms. The molecule has 1 saturated heterocycles. The minimum Gasteiger partial charge on any atom is -0.548 e. The van der Waals surface area contributed by atoms with Crippen LogP contribution in [0.2, 0.25) is 0 Å². The summed E-state index contributed by atoms with van der Waals surface area (Å²) < 4.78 is 6.63. The second-order valence-corrected chi connectivity index (χ2v) is 6.48. The van der Waals surface area contributed by atoms with E-state index < -0.39 is 49.1 Å². The molecule has 1 aliphatic rings. The summed E-state index contributed by atoms with van der Waals surface area (Å²) in [5, 5.41) is 56.6. The highest BCUT2D eigenvalue weighted by molar-refractivity contribution is 5.86. The van der Waals surface area contributed by atoms with Gasteiger partial charge in [0, 0.05) is 18.7 Å². The average molecular weight is 429 g/mol. The van der Waals surface area contributed by atoms with E-state index >= 15 is 0 Å². The first-order valence-corrected chi connectivity index (χ1v) is 8.99. The van der Waals surface area contributed by atoms with E-state index in [-0.39, 0.29) is 11.5 Å². The Bertz CT molecular complexity index is 734. The number of nitrogens with zero attached hydrogens (tertiary/aromatic N) is 1. The monoisotopic (exact) mass is 429 g/mol. The van der Waals surface area contributed by atoms with Gasteiger partial charge in [0.1, 0.15) is 17.8 Å². The number of rotatable bonds is 8. The fraction of sp³-hybridized carbons (Fsp3) is 0.529. The van der Waals surface area contributed by atoms with Crippen LogP contribution in [0.5, 0.6) is 0 Å². The van der Waals surface area contributed by atoms with Crippen molar-refractivity contribution in [2.24, 2.45) is 11.5 Å². The van der Waals surface area contributed by atoms with E-state index in [0.29, 0.717) is 19.4 Å². The normalized spacial score (nSPS) is 23.7. The lowest BCUT2D eigenvalue weighted by molar-refractivity contribution is -0.765. The first kappa shape index (κ1) is 25.2. The Morgan fingerprint density at radius 1 is 1.37 bits per heavy atom. The highest BCUT2D eigenvalue weighted by Crippen LogP contribution is 2.25. The van der Waals surface area contributed by atoms with Crippen molar-refractivity contribution in [1.82, 2.24) is 5.32 Å². The van der Waals surface area contributed by atoms with Crippen molar-refractivity contribution in [3.05, 3.63) is 30.1 Å². The molecule has 0 aliphatic carbocycles. The maximum atomic E-state index is 10.8. The van der Waals surface area contributed by atoms with Crippen molar-refractivity contribution in [2.75, 3.05) is 13.2 Å². The van der Waals surface area contributed by atoms with Gasteiger partial charge in [-0.2, -0.15) is 4.57 Å². The molecule has 30 heavy (non-hydrogen) atoms. The number of hydrogen-bond acceptors (Lipinski definition) is 9. The number of aromatic carboxylic acids is 1. The summed E-state index contributed by atoms with van der Waals surface area (Å²) in [5.41, 5.74) is 10.2. The van der Waals surface area contributed by atoms with Gasteiger partial charge in [-0.1, -0.05) is 0 Å². The number of carboxylic acid groups (broad SMARTS) is 2. The summed E-state index contributed by atoms with van der Waals surface area (Å²) >= 11 is 0. The van der Waals surface area contributed by atoms with Gasteiger partial charge in [-0.3, -0.25) is 5.41 Å². The number of aliphatic carboxylic acids is 1. The topological polar surface area (TPSA) is 239 Å². The Hall–Kier alpha value is -2.84. The number of hydrogen-bond donors (Lipinski definition) is 8. The number of aliphatic hydroxyl groups is 3. The van der Waals surface area contributed by atoms with Crippen LogP contribution in [0.4, 0.5) is 0 Å². The van der Waals surface area contributed by atoms with Crippen molar-refractivity contribution in [3.63, 3.8) is 0 Å². The molecule has 0 aromatic carbocycles. The number of carbonyl (C=O) groups is 2. The van der Waals surface area contributed by atoms with Gasteiger partial charge in [-0.05, 0) is 18.9 Å². The van der Waals surface area contributed by atoms with Crippen molar-refractivity contribution in [3.8, 4) is 0 Å². The molecule has 0 radical (unpaired) electrons. The first-order valence-electron chi connectivity index (χ1n) is 8.99. The summed E-state index contributed by atoms with van der Waals surface area (Å²) in [6.45, 7) is 0.0320.